The van der Waals surface area contributed by atoms with Crippen LogP contribution >= 0.6 is 24.8 Å². The Morgan fingerprint density at radius 2 is 1.97 bits per heavy atom. The average molecular weight is 585 g/mol. The van der Waals surface area contributed by atoms with Crippen LogP contribution in [0.3, 0.4) is 0 Å². The first-order chi connectivity index (χ1) is 17.6. The van der Waals surface area contributed by atoms with E-state index in [2.05, 4.69) is 36.0 Å². The predicted molar refractivity (Wildman–Crippen MR) is 152 cm³/mol. The van der Waals surface area contributed by atoms with Crippen molar-refractivity contribution in [3.63, 3.8) is 0 Å². The largest absolute Gasteiger partial charge is 0.341 e. The molecule has 2 amide bonds. The van der Waals surface area contributed by atoms with E-state index < -0.39 is 11.6 Å². The summed E-state index contributed by atoms with van der Waals surface area (Å²) in [6.45, 7) is 9.88. The third-order valence-electron chi connectivity index (χ3n) is 7.79. The molecule has 2 atom stereocenters. The molecule has 3 aliphatic rings. The van der Waals surface area contributed by atoms with Gasteiger partial charge in [-0.3, -0.25) is 19.5 Å². The molecule has 3 aliphatic heterocycles. The van der Waals surface area contributed by atoms with E-state index in [4.69, 9.17) is 0 Å². The molecule has 5 rings (SSSR count). The lowest BCUT2D eigenvalue weighted by Gasteiger charge is -2.41. The van der Waals surface area contributed by atoms with Gasteiger partial charge in [0.15, 0.2) is 0 Å². The van der Waals surface area contributed by atoms with Crippen LogP contribution in [0, 0.1) is 11.6 Å². The molecule has 1 N–H and O–H groups in total. The van der Waals surface area contributed by atoms with Crippen LogP contribution in [0.1, 0.15) is 50.4 Å². The summed E-state index contributed by atoms with van der Waals surface area (Å²) in [5, 5.41) is 3.49. The highest BCUT2D eigenvalue weighted by atomic mass is 35.5. The number of nitrogens with one attached hydrogen (secondary N) is 1. The first-order valence-electron chi connectivity index (χ1n) is 13.1. The maximum atomic E-state index is 14.3. The van der Waals surface area contributed by atoms with Crippen molar-refractivity contribution in [2.75, 3.05) is 44.2 Å². The number of amides is 2. The van der Waals surface area contributed by atoms with Crippen molar-refractivity contribution in [2.24, 2.45) is 0 Å². The first-order valence-corrected chi connectivity index (χ1v) is 13.1. The first kappa shape index (κ1) is 31.2. The molecule has 11 heteroatoms. The molecule has 2 saturated heterocycles. The molecule has 1 aromatic carbocycles. The number of likely N-dealkylation sites (tertiary alicyclic amines) is 1. The van der Waals surface area contributed by atoms with Crippen LogP contribution in [0.25, 0.3) is 0 Å². The van der Waals surface area contributed by atoms with Gasteiger partial charge in [0, 0.05) is 75.3 Å². The quantitative estimate of drug-likeness (QED) is 0.561. The summed E-state index contributed by atoms with van der Waals surface area (Å²) in [4.78, 5) is 36.6. The Kier molecular flexibility index (Phi) is 9.97. The van der Waals surface area contributed by atoms with Gasteiger partial charge < -0.3 is 15.1 Å². The SMILES string of the molecule is C[C@@H]1CN(CC(=O)N2CC(C)(C)c3ncc(Cc4ccc(F)cc4F)cc32)[C@@H](CN2CCCC2=O)CN1.Cl.Cl. The van der Waals surface area contributed by atoms with E-state index in [-0.39, 0.29) is 67.1 Å². The maximum absolute atomic E-state index is 14.3. The normalized spacial score (nSPS) is 22.3. The molecule has 0 spiro atoms. The molecule has 1 aromatic heterocycles. The van der Waals surface area contributed by atoms with Gasteiger partial charge in [0.05, 0.1) is 17.9 Å². The van der Waals surface area contributed by atoms with Crippen LogP contribution in [0.2, 0.25) is 0 Å². The molecule has 4 heterocycles. The lowest BCUT2D eigenvalue weighted by Crippen LogP contribution is -2.60. The minimum absolute atomic E-state index is 0. The highest BCUT2D eigenvalue weighted by molar-refractivity contribution is 5.97. The zero-order valence-corrected chi connectivity index (χ0v) is 24.2. The fraction of sp³-hybridized carbons (Fsp3) is 0.536. The molecule has 214 valence electrons. The molecule has 2 fully saturated rings. The number of fused-ring (bicyclic) bond motifs is 1. The Labute approximate surface area is 241 Å². The lowest BCUT2D eigenvalue weighted by atomic mass is 9.91. The van der Waals surface area contributed by atoms with Crippen LogP contribution in [-0.4, -0.2) is 78.0 Å². The topological polar surface area (TPSA) is 68.8 Å². The summed E-state index contributed by atoms with van der Waals surface area (Å²) in [7, 11) is 0. The van der Waals surface area contributed by atoms with Gasteiger partial charge in [0.1, 0.15) is 11.6 Å². The number of hydrogen-bond acceptors (Lipinski definition) is 5. The Balaban J connectivity index is 0.00000210. The van der Waals surface area contributed by atoms with Crippen molar-refractivity contribution in [1.29, 1.82) is 0 Å². The summed E-state index contributed by atoms with van der Waals surface area (Å²) in [5.74, 6) is -1.02. The van der Waals surface area contributed by atoms with Gasteiger partial charge in [0.25, 0.3) is 0 Å². The highest BCUT2D eigenvalue weighted by Gasteiger charge is 2.41. The van der Waals surface area contributed by atoms with E-state index in [1.165, 1.54) is 12.1 Å². The van der Waals surface area contributed by atoms with E-state index in [0.717, 1.165) is 49.1 Å². The third-order valence-corrected chi connectivity index (χ3v) is 7.79. The van der Waals surface area contributed by atoms with E-state index in [1.54, 1.807) is 11.1 Å². The molecular weight excluding hydrogens is 547 g/mol. The zero-order valence-electron chi connectivity index (χ0n) is 22.6. The molecular formula is C28H37Cl2F2N5O2. The van der Waals surface area contributed by atoms with Crippen LogP contribution in [0.15, 0.2) is 30.5 Å². The summed E-state index contributed by atoms with van der Waals surface area (Å²) < 4.78 is 27.6. The number of halogens is 4. The minimum atomic E-state index is -0.610. The average Bonchev–Trinajstić information content (AvgIpc) is 3.36. The number of benzene rings is 1. The molecule has 0 saturated carbocycles. The minimum Gasteiger partial charge on any atom is -0.341 e. The Bertz CT molecular complexity index is 1210. The number of anilines is 1. The summed E-state index contributed by atoms with van der Waals surface area (Å²) in [5.41, 5.74) is 2.43. The standard InChI is InChI=1S/C28H35F2N5O2.2ClH/c1-18-14-34(22(13-31-18)15-33-8-4-5-25(33)36)16-26(37)35-17-28(2,3)27-24(35)10-19(12-32-27)9-20-6-7-21(29)11-23(20)30;;/h6-7,10-12,18,22,31H,4-5,8-9,13-17H2,1-3H3;2*1H/t18-,22-;;/m1../s1. The van der Waals surface area contributed by atoms with Gasteiger partial charge in [-0.15, -0.1) is 24.8 Å². The van der Waals surface area contributed by atoms with Crippen molar-refractivity contribution in [2.45, 2.75) is 57.5 Å². The van der Waals surface area contributed by atoms with E-state index in [1.807, 2.05) is 11.0 Å². The van der Waals surface area contributed by atoms with Gasteiger partial charge in [-0.25, -0.2) is 8.78 Å². The van der Waals surface area contributed by atoms with Crippen molar-refractivity contribution in [3.05, 3.63) is 58.9 Å². The summed E-state index contributed by atoms with van der Waals surface area (Å²) in [6.07, 6.45) is 3.48. The number of nitrogens with zero attached hydrogens (tertiary/aromatic N) is 4. The Morgan fingerprint density at radius 3 is 2.67 bits per heavy atom. The van der Waals surface area contributed by atoms with Crippen LogP contribution in [0.5, 0.6) is 0 Å². The van der Waals surface area contributed by atoms with Crippen molar-refractivity contribution >= 4 is 42.3 Å². The second-order valence-corrected chi connectivity index (χ2v) is 11.3. The third kappa shape index (κ3) is 6.70. The van der Waals surface area contributed by atoms with Gasteiger partial charge in [0.2, 0.25) is 11.8 Å². The highest BCUT2D eigenvalue weighted by Crippen LogP contribution is 2.40. The number of carbonyl (C=O) groups excluding carboxylic acids is 2. The monoisotopic (exact) mass is 583 g/mol. The van der Waals surface area contributed by atoms with Crippen molar-refractivity contribution in [3.8, 4) is 0 Å². The van der Waals surface area contributed by atoms with Gasteiger partial charge in [-0.05, 0) is 36.6 Å². The molecule has 0 unspecified atom stereocenters. The Morgan fingerprint density at radius 1 is 1.21 bits per heavy atom. The molecule has 0 bridgehead atoms. The summed E-state index contributed by atoms with van der Waals surface area (Å²) >= 11 is 0. The fourth-order valence-corrected chi connectivity index (χ4v) is 5.80. The number of rotatable bonds is 6. The molecule has 7 nitrogen and oxygen atoms in total. The van der Waals surface area contributed by atoms with Crippen LogP contribution in [0.4, 0.5) is 14.5 Å². The molecule has 2 aromatic rings. The second kappa shape index (κ2) is 12.5. The zero-order chi connectivity index (χ0) is 26.3. The van der Waals surface area contributed by atoms with Gasteiger partial charge in [-0.1, -0.05) is 19.9 Å². The maximum Gasteiger partial charge on any atom is 0.241 e. The van der Waals surface area contributed by atoms with E-state index in [0.29, 0.717) is 25.1 Å². The Hall–Kier alpha value is -2.33. The second-order valence-electron chi connectivity index (χ2n) is 11.3. The van der Waals surface area contributed by atoms with E-state index in [9.17, 15) is 18.4 Å². The molecule has 0 radical (unpaired) electrons. The smallest absolute Gasteiger partial charge is 0.241 e. The molecule has 0 aliphatic carbocycles. The predicted octanol–water partition coefficient (Wildman–Crippen LogP) is 3.70. The number of piperazine rings is 1. The van der Waals surface area contributed by atoms with Crippen LogP contribution < -0.4 is 10.2 Å². The number of aromatic nitrogens is 1. The van der Waals surface area contributed by atoms with Crippen LogP contribution in [-0.2, 0) is 21.4 Å². The summed E-state index contributed by atoms with van der Waals surface area (Å²) in [6, 6.07) is 5.82. The van der Waals surface area contributed by atoms with Gasteiger partial charge >= 0.3 is 0 Å². The van der Waals surface area contributed by atoms with E-state index >= 15 is 0 Å². The fourth-order valence-electron chi connectivity index (χ4n) is 5.80. The molecule has 39 heavy (non-hydrogen) atoms. The van der Waals surface area contributed by atoms with Gasteiger partial charge in [-0.2, -0.15) is 0 Å². The number of hydrogen-bond donors (Lipinski definition) is 1. The number of pyridine rings is 1. The van der Waals surface area contributed by atoms with Crippen molar-refractivity contribution < 1.29 is 18.4 Å². The lowest BCUT2D eigenvalue weighted by molar-refractivity contribution is -0.128. The number of carbonyl (C=O) groups is 2. The van der Waals surface area contributed by atoms with Crippen molar-refractivity contribution in [1.82, 2.24) is 20.1 Å².